The molecule has 204 valence electrons. The molecule has 6 nitrogen and oxygen atoms in total. The third kappa shape index (κ3) is 7.50. The van der Waals surface area contributed by atoms with Crippen molar-refractivity contribution in [2.75, 3.05) is 17.3 Å². The SMILES string of the molecule is CCCC1CCC(NC(=O)CSC2=C(C#N)C(C3CCSC3)C(C(=O)NC3CCCCC3)=C(C)N2)CC1. The number of nitrogens with zero attached hydrogens (tertiary/aromatic N) is 1. The van der Waals surface area contributed by atoms with Gasteiger partial charge in [0.05, 0.1) is 22.4 Å². The number of amides is 2. The molecule has 8 heteroatoms. The van der Waals surface area contributed by atoms with E-state index < -0.39 is 0 Å². The van der Waals surface area contributed by atoms with Crippen molar-refractivity contribution in [1.82, 2.24) is 16.0 Å². The highest BCUT2D eigenvalue weighted by atomic mass is 32.2. The van der Waals surface area contributed by atoms with Crippen molar-refractivity contribution in [2.45, 2.75) is 103 Å². The van der Waals surface area contributed by atoms with Crippen LogP contribution in [0.15, 0.2) is 21.9 Å². The third-order valence-electron chi connectivity index (χ3n) is 8.57. The van der Waals surface area contributed by atoms with Crippen LogP contribution in [0.3, 0.4) is 0 Å². The fourth-order valence-electron chi connectivity index (χ4n) is 6.58. The number of nitrogens with one attached hydrogen (secondary N) is 3. The molecule has 2 unspecified atom stereocenters. The van der Waals surface area contributed by atoms with Crippen molar-refractivity contribution in [3.8, 4) is 6.07 Å². The number of dihydropyridines is 1. The van der Waals surface area contributed by atoms with Crippen LogP contribution in [-0.4, -0.2) is 41.2 Å². The molecule has 0 bridgehead atoms. The summed E-state index contributed by atoms with van der Waals surface area (Å²) in [5.41, 5.74) is 2.18. The van der Waals surface area contributed by atoms with Gasteiger partial charge in [-0.05, 0) is 75.2 Å². The van der Waals surface area contributed by atoms with Crippen molar-refractivity contribution in [1.29, 1.82) is 5.26 Å². The zero-order valence-corrected chi connectivity index (χ0v) is 24.2. The minimum Gasteiger partial charge on any atom is -0.353 e. The van der Waals surface area contributed by atoms with Crippen LogP contribution in [0.5, 0.6) is 0 Å². The summed E-state index contributed by atoms with van der Waals surface area (Å²) < 4.78 is 0. The molecule has 0 radical (unpaired) electrons. The van der Waals surface area contributed by atoms with Crippen LogP contribution in [0, 0.1) is 29.1 Å². The number of hydrogen-bond donors (Lipinski definition) is 3. The van der Waals surface area contributed by atoms with Gasteiger partial charge in [-0.15, -0.1) is 0 Å². The average Bonchev–Trinajstić information content (AvgIpc) is 3.43. The standard InChI is InChI=1S/C29H44N4O2S2/c1-3-7-20-10-12-23(13-11-20)32-25(34)18-37-29-24(16-30)27(21-14-15-36-17-21)26(19(2)31-29)28(35)33-22-8-5-4-6-9-22/h20-23,27,31H,3-15,17-18H2,1-2H3,(H,32,34)(H,33,35). The number of carbonyl (C=O) groups excluding carboxylic acids is 2. The lowest BCUT2D eigenvalue weighted by molar-refractivity contribution is -0.120. The normalized spacial score (nSPS) is 29.0. The van der Waals surface area contributed by atoms with E-state index in [2.05, 4.69) is 28.9 Å². The van der Waals surface area contributed by atoms with E-state index in [4.69, 9.17) is 0 Å². The lowest BCUT2D eigenvalue weighted by Crippen LogP contribution is -2.42. The van der Waals surface area contributed by atoms with Crippen LogP contribution in [0.1, 0.15) is 90.9 Å². The molecule has 3 fully saturated rings. The van der Waals surface area contributed by atoms with Gasteiger partial charge in [0.1, 0.15) is 0 Å². The topological polar surface area (TPSA) is 94.0 Å². The van der Waals surface area contributed by atoms with Gasteiger partial charge >= 0.3 is 0 Å². The number of nitriles is 1. The van der Waals surface area contributed by atoms with E-state index in [1.165, 1.54) is 43.9 Å². The second-order valence-corrected chi connectivity index (χ2v) is 13.4. The summed E-state index contributed by atoms with van der Waals surface area (Å²) in [5, 5.41) is 20.9. The monoisotopic (exact) mass is 544 g/mol. The van der Waals surface area contributed by atoms with Crippen molar-refractivity contribution >= 4 is 35.3 Å². The molecule has 2 aliphatic heterocycles. The van der Waals surface area contributed by atoms with Crippen LogP contribution >= 0.6 is 23.5 Å². The quantitative estimate of drug-likeness (QED) is 0.349. The Morgan fingerprint density at radius 1 is 1.05 bits per heavy atom. The number of hydrogen-bond acceptors (Lipinski definition) is 6. The Hall–Kier alpha value is -1.59. The zero-order chi connectivity index (χ0) is 26.2. The van der Waals surface area contributed by atoms with Crippen LogP contribution in [0.25, 0.3) is 0 Å². The lowest BCUT2D eigenvalue weighted by Gasteiger charge is -2.34. The van der Waals surface area contributed by atoms with E-state index in [1.807, 2.05) is 18.7 Å². The highest BCUT2D eigenvalue weighted by molar-refractivity contribution is 8.03. The zero-order valence-electron chi connectivity index (χ0n) is 22.6. The number of allylic oxidation sites excluding steroid dienone is 2. The van der Waals surface area contributed by atoms with Crippen molar-refractivity contribution in [3.05, 3.63) is 21.9 Å². The first-order valence-electron chi connectivity index (χ1n) is 14.4. The first kappa shape index (κ1) is 28.4. The highest BCUT2D eigenvalue weighted by Gasteiger charge is 2.40. The fraction of sp³-hybridized carbons (Fsp3) is 0.759. The van der Waals surface area contributed by atoms with E-state index in [-0.39, 0.29) is 41.5 Å². The molecule has 0 aromatic rings. The van der Waals surface area contributed by atoms with Gasteiger partial charge in [0.2, 0.25) is 11.8 Å². The maximum atomic E-state index is 13.5. The summed E-state index contributed by atoms with van der Waals surface area (Å²) in [7, 11) is 0. The molecule has 2 saturated carbocycles. The molecular weight excluding hydrogens is 500 g/mol. The number of thioether (sulfide) groups is 2. The average molecular weight is 545 g/mol. The minimum absolute atomic E-state index is 0.0213. The molecule has 37 heavy (non-hydrogen) atoms. The maximum absolute atomic E-state index is 13.5. The van der Waals surface area contributed by atoms with Gasteiger partial charge in [-0.3, -0.25) is 9.59 Å². The van der Waals surface area contributed by atoms with Gasteiger partial charge in [0, 0.05) is 29.3 Å². The van der Waals surface area contributed by atoms with Crippen molar-refractivity contribution in [2.24, 2.45) is 17.8 Å². The molecule has 2 aliphatic carbocycles. The van der Waals surface area contributed by atoms with Gasteiger partial charge in [0.15, 0.2) is 0 Å². The van der Waals surface area contributed by atoms with E-state index >= 15 is 0 Å². The Kier molecular flexibility index (Phi) is 10.7. The molecule has 0 spiro atoms. The Labute approximate surface area is 231 Å². The minimum atomic E-state index is -0.204. The number of rotatable bonds is 9. The smallest absolute Gasteiger partial charge is 0.249 e. The summed E-state index contributed by atoms with van der Waals surface area (Å²) >= 11 is 3.32. The molecule has 1 saturated heterocycles. The van der Waals surface area contributed by atoms with Gasteiger partial charge in [0.25, 0.3) is 0 Å². The molecule has 2 amide bonds. The summed E-state index contributed by atoms with van der Waals surface area (Å²) in [6, 6.07) is 2.95. The fourth-order valence-corrected chi connectivity index (χ4v) is 8.79. The van der Waals surface area contributed by atoms with Gasteiger partial charge in [-0.2, -0.15) is 17.0 Å². The molecule has 2 heterocycles. The highest BCUT2D eigenvalue weighted by Crippen LogP contribution is 2.43. The molecule has 4 aliphatic rings. The van der Waals surface area contributed by atoms with Gasteiger partial charge in [-0.25, -0.2) is 0 Å². The molecule has 3 N–H and O–H groups in total. The van der Waals surface area contributed by atoms with Crippen LogP contribution in [0.2, 0.25) is 0 Å². The predicted octanol–water partition coefficient (Wildman–Crippen LogP) is 5.63. The Balaban J connectivity index is 1.42. The molecular formula is C29H44N4O2S2. The van der Waals surface area contributed by atoms with E-state index in [0.717, 1.165) is 78.7 Å². The number of carbonyl (C=O) groups is 2. The first-order chi connectivity index (χ1) is 18.0. The molecule has 2 atom stereocenters. The predicted molar refractivity (Wildman–Crippen MR) is 154 cm³/mol. The van der Waals surface area contributed by atoms with Gasteiger partial charge < -0.3 is 16.0 Å². The Morgan fingerprint density at radius 2 is 1.78 bits per heavy atom. The Morgan fingerprint density at radius 3 is 2.43 bits per heavy atom. The molecule has 0 aromatic heterocycles. The van der Waals surface area contributed by atoms with E-state index in [0.29, 0.717) is 5.57 Å². The molecule has 0 aromatic carbocycles. The maximum Gasteiger partial charge on any atom is 0.249 e. The van der Waals surface area contributed by atoms with Crippen molar-refractivity contribution in [3.63, 3.8) is 0 Å². The summed E-state index contributed by atoms with van der Waals surface area (Å²) in [4.78, 5) is 26.4. The summed E-state index contributed by atoms with van der Waals surface area (Å²) in [6.07, 6.45) is 13.7. The lowest BCUT2D eigenvalue weighted by atomic mass is 9.77. The summed E-state index contributed by atoms with van der Waals surface area (Å²) in [6.45, 7) is 4.20. The van der Waals surface area contributed by atoms with Gasteiger partial charge in [-0.1, -0.05) is 50.8 Å². The molecule has 4 rings (SSSR count). The second-order valence-electron chi connectivity index (χ2n) is 11.3. The summed E-state index contributed by atoms with van der Waals surface area (Å²) in [5.74, 6) is 3.20. The van der Waals surface area contributed by atoms with E-state index in [1.54, 1.807) is 0 Å². The largest absolute Gasteiger partial charge is 0.353 e. The van der Waals surface area contributed by atoms with E-state index in [9.17, 15) is 14.9 Å². The Bertz CT molecular complexity index is 921. The second kappa shape index (κ2) is 14.0. The third-order valence-corrected chi connectivity index (χ3v) is 10.8. The van der Waals surface area contributed by atoms with Crippen LogP contribution in [-0.2, 0) is 9.59 Å². The van der Waals surface area contributed by atoms with Crippen LogP contribution < -0.4 is 16.0 Å². The van der Waals surface area contributed by atoms with Crippen molar-refractivity contribution < 1.29 is 9.59 Å². The van der Waals surface area contributed by atoms with Crippen LogP contribution in [0.4, 0.5) is 0 Å². The first-order valence-corrected chi connectivity index (χ1v) is 16.6.